The number of nitrogens with one attached hydrogen (secondary N) is 2. The van der Waals surface area contributed by atoms with E-state index >= 15 is 0 Å². The van der Waals surface area contributed by atoms with Gasteiger partial charge in [0.25, 0.3) is 0 Å². The van der Waals surface area contributed by atoms with Gasteiger partial charge < -0.3 is 31.3 Å². The summed E-state index contributed by atoms with van der Waals surface area (Å²) in [5, 5.41) is 18.1. The number of carbonyl (C=O) groups excluding carboxylic acids is 5. The molecule has 60 heavy (non-hydrogen) atoms. The van der Waals surface area contributed by atoms with Crippen LogP contribution in [0.4, 0.5) is 11.4 Å². The fraction of sp³-hybridized carbons (Fsp3) is 0.583. The van der Waals surface area contributed by atoms with Crippen LogP contribution in [0.3, 0.4) is 0 Å². The van der Waals surface area contributed by atoms with E-state index in [1.54, 1.807) is 6.08 Å². The second-order valence-corrected chi connectivity index (χ2v) is 18.8. The van der Waals surface area contributed by atoms with Crippen molar-refractivity contribution < 1.29 is 29.1 Å². The first-order valence-corrected chi connectivity index (χ1v) is 22.0. The Bertz CT molecular complexity index is 2100. The van der Waals surface area contributed by atoms with Crippen molar-refractivity contribution in [2.75, 3.05) is 16.8 Å². The Labute approximate surface area is 356 Å². The number of anilines is 2. The summed E-state index contributed by atoms with van der Waals surface area (Å²) < 4.78 is 0. The molecule has 2 aliphatic heterocycles. The quantitative estimate of drug-likeness (QED) is 0.121. The number of aliphatic hydroxyl groups is 1. The van der Waals surface area contributed by atoms with Gasteiger partial charge in [-0.3, -0.25) is 24.0 Å². The number of ketones is 1. The van der Waals surface area contributed by atoms with Crippen molar-refractivity contribution in [3.05, 3.63) is 63.6 Å². The summed E-state index contributed by atoms with van der Waals surface area (Å²) in [6.07, 6.45) is 7.46. The summed E-state index contributed by atoms with van der Waals surface area (Å²) in [7, 11) is 0. The van der Waals surface area contributed by atoms with Crippen LogP contribution in [0, 0.1) is 11.3 Å². The minimum Gasteiger partial charge on any atom is -0.506 e. The van der Waals surface area contributed by atoms with Crippen molar-refractivity contribution in [1.29, 1.82) is 0 Å². The number of aliphatic hydroxyl groups excluding tert-OH is 1. The lowest BCUT2D eigenvalue weighted by Gasteiger charge is -2.34. The number of rotatable bonds is 16. The SMILES string of the molecule is CCCCC(CC)CNC(=O)CCC(=O)Nc1cc2c(cc1C1=C(O)/C(=C3\C=C4C(=CC3=NC(=O)CCC(N)=O)N(C(C)C)C(C)C4(C)C)C1=O)C(C)(C)C(C)N2C(C)C. The Morgan fingerprint density at radius 1 is 0.867 bits per heavy atom. The molecule has 4 aliphatic rings. The van der Waals surface area contributed by atoms with Crippen LogP contribution in [0.25, 0.3) is 5.57 Å². The number of nitrogens with two attached hydrogens (primary N) is 1. The van der Waals surface area contributed by atoms with Gasteiger partial charge in [0.1, 0.15) is 5.76 Å². The maximum Gasteiger partial charge on any atom is 0.246 e. The number of Topliss-reactive ketones (excluding diaryl/α,β-unsaturated/α-hetero) is 1. The third-order valence-electron chi connectivity index (χ3n) is 13.5. The Kier molecular flexibility index (Phi) is 13.8. The molecule has 4 amide bonds. The fourth-order valence-electron chi connectivity index (χ4n) is 9.29. The van der Waals surface area contributed by atoms with Gasteiger partial charge in [0.15, 0.2) is 0 Å². The minimum absolute atomic E-state index is 0.00920. The van der Waals surface area contributed by atoms with Crippen LogP contribution in [0.2, 0.25) is 0 Å². The normalized spacial score (nSPS) is 22.8. The van der Waals surface area contributed by atoms with Gasteiger partial charge in [-0.1, -0.05) is 60.8 Å². The first-order chi connectivity index (χ1) is 28.1. The summed E-state index contributed by atoms with van der Waals surface area (Å²) in [6.45, 7) is 26.1. The number of aliphatic imine (C=N–C) groups is 1. The molecule has 3 atom stereocenters. The molecule has 12 heteroatoms. The number of primary amides is 1. The summed E-state index contributed by atoms with van der Waals surface area (Å²) in [5.74, 6) is -2.10. The summed E-state index contributed by atoms with van der Waals surface area (Å²) in [5.41, 5.74) is 9.71. The van der Waals surface area contributed by atoms with Crippen LogP contribution in [0.15, 0.2) is 57.5 Å². The number of fused-ring (bicyclic) bond motifs is 2. The van der Waals surface area contributed by atoms with E-state index in [1.165, 1.54) is 0 Å². The average Bonchev–Trinajstić information content (AvgIpc) is 3.49. The molecule has 5 rings (SSSR count). The number of benzene rings is 1. The van der Waals surface area contributed by atoms with Crippen molar-refractivity contribution in [3.63, 3.8) is 0 Å². The minimum atomic E-state index is -0.624. The van der Waals surface area contributed by atoms with E-state index in [4.69, 9.17) is 5.73 Å². The number of nitrogens with zero attached hydrogens (tertiary/aromatic N) is 3. The Balaban J connectivity index is 1.59. The maximum atomic E-state index is 14.7. The van der Waals surface area contributed by atoms with E-state index < -0.39 is 17.6 Å². The number of hydrogen-bond donors (Lipinski definition) is 4. The number of amides is 4. The molecule has 1 saturated heterocycles. The van der Waals surface area contributed by atoms with Crippen LogP contribution in [0.1, 0.15) is 146 Å². The molecular formula is C48H68N6O6. The van der Waals surface area contributed by atoms with E-state index in [1.807, 2.05) is 18.2 Å². The van der Waals surface area contributed by atoms with Crippen LogP contribution in [0.5, 0.6) is 0 Å². The second-order valence-electron chi connectivity index (χ2n) is 18.8. The molecule has 3 unspecified atom stereocenters. The lowest BCUT2D eigenvalue weighted by molar-refractivity contribution is -0.124. The monoisotopic (exact) mass is 825 g/mol. The standard InChI is InChI=1S/C48H68N6O6/c1-13-15-16-30(14-2)25-50-40(56)19-20-42(58)52-36-24-38-34(48(11,12)29(8)54(38)27(5)6)22-32(36)44-45(59)43(46(44)60)31-21-33-37(53(26(3)4)28(7)47(33,9)10)23-35(31)51-41(57)18-17-39(49)55/h21-24,26-30,59H,13-20,25H2,1-12H3,(H2,49,55)(H,50,56)(H,52,58)/b43-31-,51-35?. The Morgan fingerprint density at radius 3 is 2.08 bits per heavy atom. The molecule has 0 bridgehead atoms. The molecule has 326 valence electrons. The van der Waals surface area contributed by atoms with Crippen molar-refractivity contribution in [1.82, 2.24) is 10.2 Å². The van der Waals surface area contributed by atoms with Crippen LogP contribution in [-0.2, 0) is 29.4 Å². The zero-order valence-electron chi connectivity index (χ0n) is 38.0. The molecule has 0 aromatic heterocycles. The molecule has 12 nitrogen and oxygen atoms in total. The summed E-state index contributed by atoms with van der Waals surface area (Å²) in [6, 6.07) is 4.20. The molecule has 1 fully saturated rings. The van der Waals surface area contributed by atoms with Gasteiger partial charge in [0, 0.05) is 89.7 Å². The highest BCUT2D eigenvalue weighted by atomic mass is 16.3. The molecule has 0 radical (unpaired) electrons. The van der Waals surface area contributed by atoms with E-state index in [0.29, 0.717) is 29.3 Å². The number of allylic oxidation sites excluding steroid dienone is 6. The second kappa shape index (κ2) is 17.9. The number of likely N-dealkylation sites (tertiary alicyclic amines) is 1. The van der Waals surface area contributed by atoms with Crippen molar-refractivity contribution in [3.8, 4) is 0 Å². The molecule has 2 heterocycles. The maximum absolute atomic E-state index is 14.7. The number of unbranched alkanes of at least 4 members (excludes halogenated alkanes) is 1. The molecule has 0 saturated carbocycles. The molecule has 1 aromatic carbocycles. The lowest BCUT2D eigenvalue weighted by atomic mass is 9.73. The van der Waals surface area contributed by atoms with E-state index in [0.717, 1.165) is 48.2 Å². The summed E-state index contributed by atoms with van der Waals surface area (Å²) >= 11 is 0. The Hall–Kier alpha value is -5.00. The predicted octanol–water partition coefficient (Wildman–Crippen LogP) is 7.98. The van der Waals surface area contributed by atoms with Gasteiger partial charge >= 0.3 is 0 Å². The molecule has 2 aliphatic carbocycles. The first-order valence-electron chi connectivity index (χ1n) is 22.0. The Morgan fingerprint density at radius 2 is 1.50 bits per heavy atom. The molecular weight excluding hydrogens is 757 g/mol. The zero-order chi connectivity index (χ0) is 44.6. The highest BCUT2D eigenvalue weighted by Gasteiger charge is 2.49. The van der Waals surface area contributed by atoms with Gasteiger partial charge in [0.05, 0.1) is 22.5 Å². The summed E-state index contributed by atoms with van der Waals surface area (Å²) in [4.78, 5) is 74.8. The predicted molar refractivity (Wildman–Crippen MR) is 240 cm³/mol. The smallest absolute Gasteiger partial charge is 0.246 e. The molecule has 0 spiro atoms. The van der Waals surface area contributed by atoms with Crippen molar-refractivity contribution in [2.24, 2.45) is 22.1 Å². The average molecular weight is 825 g/mol. The van der Waals surface area contributed by atoms with Crippen LogP contribution >= 0.6 is 0 Å². The van der Waals surface area contributed by atoms with E-state index in [-0.39, 0.29) is 95.1 Å². The third-order valence-corrected chi connectivity index (χ3v) is 13.5. The molecule has 1 aromatic rings. The van der Waals surface area contributed by atoms with E-state index in [2.05, 4.69) is 109 Å². The van der Waals surface area contributed by atoms with Gasteiger partial charge in [-0.05, 0) is 89.3 Å². The van der Waals surface area contributed by atoms with Crippen LogP contribution < -0.4 is 21.3 Å². The van der Waals surface area contributed by atoms with Gasteiger partial charge in [-0.15, -0.1) is 0 Å². The van der Waals surface area contributed by atoms with Crippen molar-refractivity contribution in [2.45, 2.75) is 164 Å². The van der Waals surface area contributed by atoms with Crippen LogP contribution in [-0.4, -0.2) is 75.8 Å². The van der Waals surface area contributed by atoms with Gasteiger partial charge in [-0.2, -0.15) is 0 Å². The van der Waals surface area contributed by atoms with E-state index in [9.17, 15) is 29.1 Å². The van der Waals surface area contributed by atoms with Gasteiger partial charge in [-0.25, -0.2) is 4.99 Å². The number of hydrogen-bond acceptors (Lipinski definition) is 8. The van der Waals surface area contributed by atoms with Crippen molar-refractivity contribution >= 4 is 52.1 Å². The highest BCUT2D eigenvalue weighted by Crippen LogP contribution is 2.53. The number of carbonyl (C=O) groups is 5. The first kappa shape index (κ1) is 46.1. The highest BCUT2D eigenvalue weighted by molar-refractivity contribution is 6.42. The topological polar surface area (TPSA) is 175 Å². The molecule has 5 N–H and O–H groups in total. The third kappa shape index (κ3) is 8.75. The zero-order valence-corrected chi connectivity index (χ0v) is 38.0. The van der Waals surface area contributed by atoms with Gasteiger partial charge in [0.2, 0.25) is 29.4 Å². The fourth-order valence-corrected chi connectivity index (χ4v) is 9.29. The largest absolute Gasteiger partial charge is 0.506 e. The lowest BCUT2D eigenvalue weighted by Crippen LogP contribution is -2.42.